The molecule has 222 valence electrons. The molecular weight excluding hydrogens is 538 g/mol. The van der Waals surface area contributed by atoms with E-state index in [1.54, 1.807) is 23.1 Å². The van der Waals surface area contributed by atoms with Gasteiger partial charge in [0, 0.05) is 5.56 Å². The number of rotatable bonds is 5. The summed E-state index contributed by atoms with van der Waals surface area (Å²) in [6.07, 6.45) is 8.27. The summed E-state index contributed by atoms with van der Waals surface area (Å²) in [5.74, 6) is -3.28. The minimum Gasteiger partial charge on any atom is -0.425 e. The molecule has 0 radical (unpaired) electrons. The van der Waals surface area contributed by atoms with Crippen LogP contribution in [0.15, 0.2) is 24.3 Å². The summed E-state index contributed by atoms with van der Waals surface area (Å²) < 4.78 is 5.57. The third kappa shape index (κ3) is 4.65. The minimum atomic E-state index is -0.738. The third-order valence-corrected chi connectivity index (χ3v) is 9.71. The summed E-state index contributed by atoms with van der Waals surface area (Å²) in [6.45, 7) is 4.92. The lowest BCUT2D eigenvalue weighted by atomic mass is 9.81. The minimum absolute atomic E-state index is 0.226. The standard InChI is InChI=1S/C32H37N3O7/c1-18-15-32(2,3)35(26(36)16-33-28(38)20-8-4-5-9-21(20)29(33)39)25-13-12-19(14-24(18)25)42-27(37)17-34-30(40)22-10-6-7-11-23(22)31(34)41/h12-15,20-23H,4-11,16-17H2,1-3H3/t20-,21-,22-,23+/m0/s1. The van der Waals surface area contributed by atoms with Crippen LogP contribution in [0.4, 0.5) is 5.69 Å². The maximum absolute atomic E-state index is 13.8. The zero-order chi connectivity index (χ0) is 29.9. The third-order valence-electron chi connectivity index (χ3n) is 9.71. The number of anilines is 1. The van der Waals surface area contributed by atoms with Crippen molar-refractivity contribution in [2.24, 2.45) is 23.7 Å². The lowest BCUT2D eigenvalue weighted by Gasteiger charge is -2.42. The summed E-state index contributed by atoms with van der Waals surface area (Å²) in [6, 6.07) is 4.91. The number of ether oxygens (including phenoxy) is 1. The SMILES string of the molecule is CC1=CC(C)(C)N(C(=O)CN2C(=O)[C@H]3CCCC[C@@H]3C2=O)c2ccc(OC(=O)CN3C(=O)[C@H]4CCCC[C@H]4C3=O)cc21. The topological polar surface area (TPSA) is 121 Å². The molecule has 0 bridgehead atoms. The molecule has 10 heteroatoms. The fraction of sp³-hybridized carbons (Fsp3) is 0.562. The molecule has 6 rings (SSSR count). The maximum atomic E-state index is 13.8. The second-order valence-corrected chi connectivity index (χ2v) is 12.9. The molecule has 0 spiro atoms. The van der Waals surface area contributed by atoms with E-state index in [9.17, 15) is 28.8 Å². The number of amides is 5. The van der Waals surface area contributed by atoms with Crippen LogP contribution in [-0.4, -0.2) is 63.9 Å². The van der Waals surface area contributed by atoms with Gasteiger partial charge in [-0.1, -0.05) is 31.8 Å². The highest BCUT2D eigenvalue weighted by Crippen LogP contribution is 2.42. The molecule has 2 saturated carbocycles. The number of benzene rings is 1. The van der Waals surface area contributed by atoms with E-state index in [1.165, 1.54) is 0 Å². The molecule has 3 heterocycles. The van der Waals surface area contributed by atoms with Gasteiger partial charge < -0.3 is 9.64 Å². The van der Waals surface area contributed by atoms with Crippen molar-refractivity contribution in [1.82, 2.24) is 9.80 Å². The second-order valence-electron chi connectivity index (χ2n) is 12.9. The molecule has 0 aromatic heterocycles. The van der Waals surface area contributed by atoms with Crippen LogP contribution in [-0.2, 0) is 28.8 Å². The lowest BCUT2D eigenvalue weighted by molar-refractivity contribution is -0.148. The molecule has 3 aliphatic heterocycles. The monoisotopic (exact) mass is 575 g/mol. The van der Waals surface area contributed by atoms with E-state index in [4.69, 9.17) is 4.74 Å². The number of imide groups is 2. The predicted molar refractivity (Wildman–Crippen MR) is 152 cm³/mol. The van der Waals surface area contributed by atoms with Crippen molar-refractivity contribution in [2.45, 2.75) is 77.7 Å². The predicted octanol–water partition coefficient (Wildman–Crippen LogP) is 3.47. The van der Waals surface area contributed by atoms with Gasteiger partial charge in [0.15, 0.2) is 0 Å². The fourth-order valence-corrected chi connectivity index (χ4v) is 7.80. The zero-order valence-corrected chi connectivity index (χ0v) is 24.4. The van der Waals surface area contributed by atoms with Crippen molar-refractivity contribution in [3.8, 4) is 5.75 Å². The van der Waals surface area contributed by atoms with Gasteiger partial charge in [0.1, 0.15) is 18.8 Å². The number of likely N-dealkylation sites (tertiary alicyclic amines) is 2. The smallest absolute Gasteiger partial charge is 0.331 e. The highest BCUT2D eigenvalue weighted by molar-refractivity contribution is 6.10. The van der Waals surface area contributed by atoms with E-state index >= 15 is 0 Å². The Morgan fingerprint density at radius 3 is 1.76 bits per heavy atom. The molecular formula is C32H37N3O7. The Morgan fingerprint density at radius 2 is 1.26 bits per heavy atom. The molecule has 0 N–H and O–H groups in total. The summed E-state index contributed by atoms with van der Waals surface area (Å²) in [7, 11) is 0. The van der Waals surface area contributed by atoms with Crippen molar-refractivity contribution in [1.29, 1.82) is 0 Å². The van der Waals surface area contributed by atoms with E-state index in [1.807, 2.05) is 26.8 Å². The van der Waals surface area contributed by atoms with E-state index in [2.05, 4.69) is 0 Å². The van der Waals surface area contributed by atoms with Gasteiger partial charge in [-0.2, -0.15) is 0 Å². The number of esters is 1. The molecule has 10 nitrogen and oxygen atoms in total. The Labute approximate surface area is 245 Å². The first kappa shape index (κ1) is 28.3. The van der Waals surface area contributed by atoms with Crippen LogP contribution in [0.5, 0.6) is 5.75 Å². The molecule has 42 heavy (non-hydrogen) atoms. The van der Waals surface area contributed by atoms with Gasteiger partial charge in [-0.3, -0.25) is 33.8 Å². The Kier molecular flexibility index (Phi) is 7.06. The van der Waals surface area contributed by atoms with E-state index in [-0.39, 0.29) is 65.5 Å². The van der Waals surface area contributed by atoms with Crippen molar-refractivity contribution < 1.29 is 33.5 Å². The summed E-state index contributed by atoms with van der Waals surface area (Å²) >= 11 is 0. The molecule has 2 aliphatic carbocycles. The average Bonchev–Trinajstić information content (AvgIpc) is 3.33. The second kappa shape index (κ2) is 10.5. The fourth-order valence-electron chi connectivity index (χ4n) is 7.80. The van der Waals surface area contributed by atoms with E-state index in [0.717, 1.165) is 41.1 Å². The summed E-state index contributed by atoms with van der Waals surface area (Å²) in [5, 5.41) is 0. The molecule has 5 amide bonds. The Morgan fingerprint density at radius 1 is 0.786 bits per heavy atom. The van der Waals surface area contributed by atoms with Crippen molar-refractivity contribution in [3.05, 3.63) is 29.8 Å². The normalized spacial score (nSPS) is 28.4. The molecule has 5 aliphatic rings. The number of hydrogen-bond donors (Lipinski definition) is 0. The average molecular weight is 576 g/mol. The highest BCUT2D eigenvalue weighted by Gasteiger charge is 2.50. The van der Waals surface area contributed by atoms with E-state index < -0.39 is 18.1 Å². The zero-order valence-electron chi connectivity index (χ0n) is 24.4. The van der Waals surface area contributed by atoms with E-state index in [0.29, 0.717) is 36.9 Å². The Bertz CT molecular complexity index is 1380. The first-order chi connectivity index (χ1) is 20.0. The molecule has 1 aromatic carbocycles. The van der Waals surface area contributed by atoms with Crippen LogP contribution in [0.3, 0.4) is 0 Å². The summed E-state index contributed by atoms with van der Waals surface area (Å²) in [4.78, 5) is 82.0. The van der Waals surface area contributed by atoms with Gasteiger partial charge in [-0.15, -0.1) is 0 Å². The number of allylic oxidation sites excluding steroid dienone is 1. The van der Waals surface area contributed by atoms with Gasteiger partial charge in [-0.05, 0) is 70.2 Å². The molecule has 1 aromatic rings. The number of carbonyl (C=O) groups is 6. The first-order valence-corrected chi connectivity index (χ1v) is 15.1. The first-order valence-electron chi connectivity index (χ1n) is 15.1. The lowest BCUT2D eigenvalue weighted by Crippen LogP contribution is -2.53. The summed E-state index contributed by atoms with van der Waals surface area (Å²) in [5.41, 5.74) is 1.37. The van der Waals surface area contributed by atoms with Crippen LogP contribution in [0.2, 0.25) is 0 Å². The Hall–Kier alpha value is -3.82. The van der Waals surface area contributed by atoms with Gasteiger partial charge in [0.25, 0.3) is 0 Å². The number of carbonyl (C=O) groups excluding carboxylic acids is 6. The highest BCUT2D eigenvalue weighted by atomic mass is 16.5. The van der Waals surface area contributed by atoms with Crippen LogP contribution < -0.4 is 9.64 Å². The van der Waals surface area contributed by atoms with Gasteiger partial charge in [-0.25, -0.2) is 4.79 Å². The number of hydrogen-bond acceptors (Lipinski definition) is 7. The molecule has 4 atom stereocenters. The van der Waals surface area contributed by atoms with Crippen molar-refractivity contribution in [3.63, 3.8) is 0 Å². The quantitative estimate of drug-likeness (QED) is 0.299. The molecule has 4 fully saturated rings. The molecule has 2 saturated heterocycles. The van der Waals surface area contributed by atoms with Crippen LogP contribution in [0.25, 0.3) is 5.57 Å². The Balaban J connectivity index is 1.19. The van der Waals surface area contributed by atoms with Crippen LogP contribution >= 0.6 is 0 Å². The van der Waals surface area contributed by atoms with Gasteiger partial charge in [0.2, 0.25) is 29.5 Å². The number of fused-ring (bicyclic) bond motifs is 3. The largest absolute Gasteiger partial charge is 0.425 e. The van der Waals surface area contributed by atoms with Crippen LogP contribution in [0.1, 0.15) is 77.7 Å². The van der Waals surface area contributed by atoms with Gasteiger partial charge in [0.05, 0.1) is 34.9 Å². The van der Waals surface area contributed by atoms with Crippen molar-refractivity contribution >= 4 is 46.8 Å². The maximum Gasteiger partial charge on any atom is 0.331 e. The van der Waals surface area contributed by atoms with Crippen LogP contribution in [0, 0.1) is 23.7 Å². The molecule has 0 unspecified atom stereocenters. The van der Waals surface area contributed by atoms with Crippen molar-refractivity contribution in [2.75, 3.05) is 18.0 Å². The number of nitrogens with zero attached hydrogens (tertiary/aromatic N) is 3. The van der Waals surface area contributed by atoms with Gasteiger partial charge >= 0.3 is 5.97 Å².